The van der Waals surface area contributed by atoms with Gasteiger partial charge in [-0.25, -0.2) is 15.0 Å². The highest BCUT2D eigenvalue weighted by atomic mass is 32.2. The van der Waals surface area contributed by atoms with Gasteiger partial charge in [-0.3, -0.25) is 0 Å². The average Bonchev–Trinajstić information content (AvgIpc) is 2.45. The summed E-state index contributed by atoms with van der Waals surface area (Å²) >= 11 is 1.64. The second-order valence-corrected chi connectivity index (χ2v) is 5.00. The van der Waals surface area contributed by atoms with Crippen molar-refractivity contribution < 1.29 is 0 Å². The van der Waals surface area contributed by atoms with Gasteiger partial charge >= 0.3 is 0 Å². The number of nitrogens with zero attached hydrogens (tertiary/aromatic N) is 3. The Morgan fingerprint density at radius 2 is 1.89 bits per heavy atom. The molecule has 0 aliphatic carbocycles. The molecule has 0 radical (unpaired) electrons. The molecule has 0 bridgehead atoms. The van der Waals surface area contributed by atoms with Crippen LogP contribution < -0.4 is 5.73 Å². The highest BCUT2D eigenvalue weighted by Crippen LogP contribution is 2.26. The van der Waals surface area contributed by atoms with Gasteiger partial charge in [0.15, 0.2) is 0 Å². The maximum atomic E-state index is 5.67. The lowest BCUT2D eigenvalue weighted by Gasteiger charge is -2.04. The van der Waals surface area contributed by atoms with Crippen LogP contribution in [0.3, 0.4) is 0 Å². The van der Waals surface area contributed by atoms with Crippen LogP contribution in [0.4, 0.5) is 5.82 Å². The number of benzene rings is 1. The van der Waals surface area contributed by atoms with Crippen LogP contribution in [-0.4, -0.2) is 15.0 Å². The molecule has 0 atom stereocenters. The van der Waals surface area contributed by atoms with Crippen molar-refractivity contribution in [2.45, 2.75) is 10.8 Å². The Bertz CT molecular complexity index is 709. The number of hydrogen-bond acceptors (Lipinski definition) is 5. The molecule has 0 aliphatic heterocycles. The van der Waals surface area contributed by atoms with E-state index >= 15 is 0 Å². The summed E-state index contributed by atoms with van der Waals surface area (Å²) in [5, 5.41) is 2.04. The van der Waals surface area contributed by atoms with Crippen LogP contribution >= 0.6 is 11.8 Å². The summed E-state index contributed by atoms with van der Waals surface area (Å²) in [7, 11) is 0. The molecule has 2 aromatic heterocycles. The number of aromatic nitrogens is 3. The monoisotopic (exact) mass is 268 g/mol. The number of nitrogens with two attached hydrogens (primary N) is 1. The highest BCUT2D eigenvalue weighted by molar-refractivity contribution is 7.98. The minimum absolute atomic E-state index is 0.547. The molecular formula is C14H12N4S. The molecule has 1 aromatic carbocycles. The fraction of sp³-hybridized carbons (Fsp3) is 0.0714. The molecule has 0 unspecified atom stereocenters. The van der Waals surface area contributed by atoms with E-state index in [1.807, 2.05) is 36.4 Å². The third kappa shape index (κ3) is 2.66. The molecule has 3 rings (SSSR count). The fourth-order valence-electron chi connectivity index (χ4n) is 1.82. The summed E-state index contributed by atoms with van der Waals surface area (Å²) in [6.45, 7) is 0. The van der Waals surface area contributed by atoms with Crippen LogP contribution in [0.1, 0.15) is 5.69 Å². The minimum Gasteiger partial charge on any atom is -0.384 e. The zero-order valence-corrected chi connectivity index (χ0v) is 11.0. The van der Waals surface area contributed by atoms with Crippen LogP contribution in [-0.2, 0) is 5.75 Å². The number of anilines is 1. The third-order valence-electron chi connectivity index (χ3n) is 2.69. The first-order valence-electron chi connectivity index (χ1n) is 5.87. The minimum atomic E-state index is 0.547. The lowest BCUT2D eigenvalue weighted by atomic mass is 10.2. The molecule has 4 nitrogen and oxygen atoms in total. The molecule has 0 amide bonds. The van der Waals surface area contributed by atoms with Crippen molar-refractivity contribution in [2.24, 2.45) is 0 Å². The molecule has 0 saturated carbocycles. The molecule has 19 heavy (non-hydrogen) atoms. The van der Waals surface area contributed by atoms with Crippen LogP contribution in [0.5, 0.6) is 0 Å². The number of hydrogen-bond donors (Lipinski definition) is 1. The van der Waals surface area contributed by atoms with Crippen molar-refractivity contribution in [1.82, 2.24) is 15.0 Å². The second kappa shape index (κ2) is 5.24. The van der Waals surface area contributed by atoms with E-state index in [4.69, 9.17) is 5.73 Å². The Morgan fingerprint density at radius 1 is 1.00 bits per heavy atom. The predicted octanol–water partition coefficient (Wildman–Crippen LogP) is 2.90. The quantitative estimate of drug-likeness (QED) is 0.584. The van der Waals surface area contributed by atoms with E-state index in [9.17, 15) is 0 Å². The molecule has 2 heterocycles. The molecular weight excluding hydrogens is 256 g/mol. The summed E-state index contributed by atoms with van der Waals surface area (Å²) in [6.07, 6.45) is 1.59. The molecule has 0 fully saturated rings. The lowest BCUT2D eigenvalue weighted by molar-refractivity contribution is 1.09. The number of rotatable bonds is 3. The Kier molecular flexibility index (Phi) is 3.29. The summed E-state index contributed by atoms with van der Waals surface area (Å²) in [4.78, 5) is 12.9. The van der Waals surface area contributed by atoms with Gasteiger partial charge in [0.05, 0.1) is 11.2 Å². The average molecular weight is 268 g/mol. The molecule has 0 aliphatic rings. The van der Waals surface area contributed by atoms with Crippen molar-refractivity contribution in [1.29, 1.82) is 0 Å². The first kappa shape index (κ1) is 11.9. The maximum Gasteiger partial charge on any atom is 0.123 e. The van der Waals surface area contributed by atoms with Gasteiger partial charge in [0, 0.05) is 11.1 Å². The first-order chi connectivity index (χ1) is 9.33. The van der Waals surface area contributed by atoms with Crippen molar-refractivity contribution >= 4 is 28.5 Å². The van der Waals surface area contributed by atoms with Crippen LogP contribution in [0.25, 0.3) is 10.9 Å². The number of fused-ring (bicyclic) bond motifs is 1. The van der Waals surface area contributed by atoms with E-state index in [1.165, 1.54) is 0 Å². The van der Waals surface area contributed by atoms with E-state index in [1.54, 1.807) is 24.2 Å². The van der Waals surface area contributed by atoms with Gasteiger partial charge in [-0.15, -0.1) is 0 Å². The topological polar surface area (TPSA) is 64.7 Å². The van der Waals surface area contributed by atoms with Crippen LogP contribution in [0.2, 0.25) is 0 Å². The van der Waals surface area contributed by atoms with Crippen LogP contribution in [0.15, 0.2) is 53.8 Å². The highest BCUT2D eigenvalue weighted by Gasteiger charge is 2.04. The Labute approximate surface area is 115 Å². The predicted molar refractivity (Wildman–Crippen MR) is 77.7 cm³/mol. The standard InChI is InChI=1S/C14H12N4S/c15-13-7-3-4-10(18-13)8-19-14-11-5-1-2-6-12(11)16-9-17-14/h1-7,9H,8H2,(H2,15,18). The van der Waals surface area contributed by atoms with E-state index in [0.29, 0.717) is 5.82 Å². The third-order valence-corrected chi connectivity index (χ3v) is 3.73. The van der Waals surface area contributed by atoms with Gasteiger partial charge in [-0.2, -0.15) is 0 Å². The summed E-state index contributed by atoms with van der Waals surface area (Å²) in [5.41, 5.74) is 7.58. The van der Waals surface area contributed by atoms with Gasteiger partial charge in [-0.05, 0) is 18.2 Å². The largest absolute Gasteiger partial charge is 0.384 e. The summed E-state index contributed by atoms with van der Waals surface area (Å²) in [6, 6.07) is 13.7. The van der Waals surface area contributed by atoms with Crippen molar-refractivity contribution in [2.75, 3.05) is 5.73 Å². The molecule has 94 valence electrons. The van der Waals surface area contributed by atoms with E-state index in [0.717, 1.165) is 27.4 Å². The van der Waals surface area contributed by atoms with Gasteiger partial charge in [0.2, 0.25) is 0 Å². The first-order valence-corrected chi connectivity index (χ1v) is 6.85. The SMILES string of the molecule is Nc1cccc(CSc2ncnc3ccccc23)n1. The van der Waals surface area contributed by atoms with E-state index in [2.05, 4.69) is 15.0 Å². The Hall–Kier alpha value is -2.14. The van der Waals surface area contributed by atoms with Crippen molar-refractivity contribution in [3.8, 4) is 0 Å². The van der Waals surface area contributed by atoms with E-state index in [-0.39, 0.29) is 0 Å². The fourth-order valence-corrected chi connectivity index (χ4v) is 2.71. The van der Waals surface area contributed by atoms with Gasteiger partial charge < -0.3 is 5.73 Å². The lowest BCUT2D eigenvalue weighted by Crippen LogP contribution is -1.94. The zero-order valence-electron chi connectivity index (χ0n) is 10.2. The number of pyridine rings is 1. The summed E-state index contributed by atoms with van der Waals surface area (Å²) in [5.74, 6) is 1.29. The number of nitrogen functional groups attached to an aromatic ring is 1. The summed E-state index contributed by atoms with van der Waals surface area (Å²) < 4.78 is 0. The number of thioether (sulfide) groups is 1. The Morgan fingerprint density at radius 3 is 2.79 bits per heavy atom. The second-order valence-electron chi connectivity index (χ2n) is 4.04. The van der Waals surface area contributed by atoms with Gasteiger partial charge in [-0.1, -0.05) is 36.0 Å². The van der Waals surface area contributed by atoms with Gasteiger partial charge in [0.1, 0.15) is 17.2 Å². The molecule has 0 saturated heterocycles. The normalized spacial score (nSPS) is 10.7. The zero-order chi connectivity index (χ0) is 13.1. The molecule has 2 N–H and O–H groups in total. The Balaban J connectivity index is 1.86. The molecule has 5 heteroatoms. The maximum absolute atomic E-state index is 5.67. The van der Waals surface area contributed by atoms with Gasteiger partial charge in [0.25, 0.3) is 0 Å². The molecule has 3 aromatic rings. The van der Waals surface area contributed by atoms with Crippen molar-refractivity contribution in [3.05, 3.63) is 54.5 Å². The van der Waals surface area contributed by atoms with E-state index < -0.39 is 0 Å². The smallest absolute Gasteiger partial charge is 0.123 e. The number of para-hydroxylation sites is 1. The van der Waals surface area contributed by atoms with Crippen molar-refractivity contribution in [3.63, 3.8) is 0 Å². The van der Waals surface area contributed by atoms with Crippen LogP contribution in [0, 0.1) is 0 Å². The molecule has 0 spiro atoms.